The van der Waals surface area contributed by atoms with Crippen molar-refractivity contribution in [2.45, 2.75) is 25.0 Å². The minimum atomic E-state index is -0.360. The lowest BCUT2D eigenvalue weighted by atomic mass is 9.92. The van der Waals surface area contributed by atoms with Crippen LogP contribution in [0.3, 0.4) is 0 Å². The van der Waals surface area contributed by atoms with E-state index in [-0.39, 0.29) is 11.6 Å². The highest BCUT2D eigenvalue weighted by molar-refractivity contribution is 9.10. The number of anilines is 1. The zero-order chi connectivity index (χ0) is 19.1. The lowest BCUT2D eigenvalue weighted by Gasteiger charge is -2.46. The minimum Gasteiger partial charge on any atom is -0.486 e. The van der Waals surface area contributed by atoms with E-state index in [0.29, 0.717) is 18.8 Å². The molecule has 1 saturated heterocycles. The Hall–Kier alpha value is -2.25. The van der Waals surface area contributed by atoms with Crippen LogP contribution in [0.25, 0.3) is 0 Å². The molecule has 0 unspecified atom stereocenters. The highest BCUT2D eigenvalue weighted by Gasteiger charge is 2.40. The Kier molecular flexibility index (Phi) is 4.44. The first-order chi connectivity index (χ1) is 13.6. The molecule has 0 bridgehead atoms. The Morgan fingerprint density at radius 1 is 1.00 bits per heavy atom. The summed E-state index contributed by atoms with van der Waals surface area (Å²) in [6.07, 6.45) is 1.72. The van der Waals surface area contributed by atoms with Crippen LogP contribution < -0.4 is 20.1 Å². The number of fused-ring (bicyclic) bond motifs is 2. The molecule has 0 radical (unpaired) electrons. The van der Waals surface area contributed by atoms with Crippen molar-refractivity contribution < 1.29 is 14.3 Å². The number of carbonyl (C=O) groups excluding carboxylic acids is 1. The average Bonchev–Trinajstić information content (AvgIpc) is 2.71. The van der Waals surface area contributed by atoms with E-state index in [9.17, 15) is 4.79 Å². The van der Waals surface area contributed by atoms with Gasteiger partial charge in [-0.05, 0) is 35.9 Å². The number of amides is 1. The summed E-state index contributed by atoms with van der Waals surface area (Å²) < 4.78 is 12.2. The molecule has 3 heterocycles. The number of rotatable bonds is 2. The summed E-state index contributed by atoms with van der Waals surface area (Å²) in [5.74, 6) is 1.66. The van der Waals surface area contributed by atoms with Gasteiger partial charge in [-0.2, -0.15) is 0 Å². The normalized spacial score (nSPS) is 20.2. The third kappa shape index (κ3) is 3.33. The number of nitrogens with zero attached hydrogens (tertiary/aromatic N) is 1. The van der Waals surface area contributed by atoms with Crippen LogP contribution >= 0.6 is 15.9 Å². The number of ether oxygens (including phenoxy) is 2. The molecular weight excluding hydrogens is 422 g/mol. The molecule has 1 spiro atoms. The molecule has 0 saturated carbocycles. The summed E-state index contributed by atoms with van der Waals surface area (Å²) in [6.45, 7) is 3.90. The van der Waals surface area contributed by atoms with Gasteiger partial charge in [-0.1, -0.05) is 22.0 Å². The molecule has 0 aliphatic carbocycles. The number of carbonyl (C=O) groups is 1. The maximum absolute atomic E-state index is 12.6. The number of halogens is 1. The molecule has 2 aromatic carbocycles. The molecule has 28 heavy (non-hydrogen) atoms. The van der Waals surface area contributed by atoms with Gasteiger partial charge in [0.1, 0.15) is 18.9 Å². The van der Waals surface area contributed by atoms with Crippen molar-refractivity contribution in [3.05, 3.63) is 52.0 Å². The van der Waals surface area contributed by atoms with E-state index < -0.39 is 0 Å². The minimum absolute atomic E-state index is 0.00432. The van der Waals surface area contributed by atoms with Crippen LogP contribution in [0.15, 0.2) is 40.9 Å². The summed E-state index contributed by atoms with van der Waals surface area (Å²) in [4.78, 5) is 15.0. The molecule has 0 atom stereocenters. The van der Waals surface area contributed by atoms with Gasteiger partial charge < -0.3 is 20.1 Å². The molecule has 1 fully saturated rings. The van der Waals surface area contributed by atoms with E-state index in [1.165, 1.54) is 5.56 Å². The van der Waals surface area contributed by atoms with Crippen LogP contribution in [0.4, 0.5) is 5.69 Å². The summed E-state index contributed by atoms with van der Waals surface area (Å²) in [7, 11) is 0. The zero-order valence-electron chi connectivity index (χ0n) is 15.5. The largest absolute Gasteiger partial charge is 0.486 e. The highest BCUT2D eigenvalue weighted by Crippen LogP contribution is 2.34. The third-order valence-electron chi connectivity index (χ3n) is 5.68. The summed E-state index contributed by atoms with van der Waals surface area (Å²) >= 11 is 3.44. The van der Waals surface area contributed by atoms with Crippen LogP contribution in [-0.4, -0.2) is 42.8 Å². The number of nitrogens with one attached hydrogen (secondary N) is 2. The summed E-state index contributed by atoms with van der Waals surface area (Å²) in [5, 5.41) is 6.79. The van der Waals surface area contributed by atoms with Gasteiger partial charge in [0, 0.05) is 42.6 Å². The fourth-order valence-electron chi connectivity index (χ4n) is 4.17. The van der Waals surface area contributed by atoms with E-state index in [4.69, 9.17) is 9.47 Å². The van der Waals surface area contributed by atoms with Gasteiger partial charge in [0.25, 0.3) is 5.91 Å². The van der Waals surface area contributed by atoms with Gasteiger partial charge in [-0.3, -0.25) is 9.69 Å². The van der Waals surface area contributed by atoms with Crippen LogP contribution in [0, 0.1) is 0 Å². The molecule has 0 aromatic heterocycles. The van der Waals surface area contributed by atoms with Crippen LogP contribution in [0.5, 0.6) is 11.5 Å². The lowest BCUT2D eigenvalue weighted by molar-refractivity contribution is 0.0822. The quantitative estimate of drug-likeness (QED) is 0.744. The van der Waals surface area contributed by atoms with Gasteiger partial charge in [-0.15, -0.1) is 0 Å². The molecular formula is C21H22BrN3O3. The first kappa shape index (κ1) is 17.8. The number of hydrogen-bond donors (Lipinski definition) is 2. The predicted octanol–water partition coefficient (Wildman–Crippen LogP) is 3.37. The molecule has 5 rings (SSSR count). The van der Waals surface area contributed by atoms with E-state index in [2.05, 4.69) is 43.6 Å². The van der Waals surface area contributed by atoms with E-state index >= 15 is 0 Å². The molecule has 2 N–H and O–H groups in total. The van der Waals surface area contributed by atoms with Crippen LogP contribution in [0.2, 0.25) is 0 Å². The SMILES string of the molecule is O=C1NC2(CCN(Cc3ccc4c(c3)OCCO4)CC2)Nc2ccc(Br)cc21. The Bertz CT molecular complexity index is 925. The zero-order valence-corrected chi connectivity index (χ0v) is 17.0. The Balaban J connectivity index is 1.25. The topological polar surface area (TPSA) is 62.8 Å². The van der Waals surface area contributed by atoms with Gasteiger partial charge >= 0.3 is 0 Å². The van der Waals surface area contributed by atoms with Crippen LogP contribution in [0.1, 0.15) is 28.8 Å². The predicted molar refractivity (Wildman–Crippen MR) is 110 cm³/mol. The Morgan fingerprint density at radius 3 is 2.61 bits per heavy atom. The maximum atomic E-state index is 12.6. The smallest absolute Gasteiger partial charge is 0.255 e. The number of likely N-dealkylation sites (tertiary alicyclic amines) is 1. The van der Waals surface area contributed by atoms with Crippen molar-refractivity contribution in [2.75, 3.05) is 31.6 Å². The van der Waals surface area contributed by atoms with E-state index in [0.717, 1.165) is 54.1 Å². The van der Waals surface area contributed by atoms with E-state index in [1.807, 2.05) is 24.3 Å². The van der Waals surface area contributed by atoms with E-state index in [1.54, 1.807) is 0 Å². The van der Waals surface area contributed by atoms with Gasteiger partial charge in [0.2, 0.25) is 0 Å². The summed E-state index contributed by atoms with van der Waals surface area (Å²) in [6, 6.07) is 12.0. The van der Waals surface area contributed by atoms with Crippen molar-refractivity contribution in [1.82, 2.24) is 10.2 Å². The fraction of sp³-hybridized carbons (Fsp3) is 0.381. The van der Waals surface area contributed by atoms with Crippen molar-refractivity contribution >= 4 is 27.5 Å². The van der Waals surface area contributed by atoms with Crippen molar-refractivity contribution in [3.8, 4) is 11.5 Å². The number of piperidine rings is 1. The molecule has 2 aromatic rings. The number of hydrogen-bond acceptors (Lipinski definition) is 5. The second kappa shape index (κ2) is 6.97. The number of benzene rings is 2. The Labute approximate surface area is 172 Å². The molecule has 146 valence electrons. The molecule has 7 heteroatoms. The average molecular weight is 444 g/mol. The molecule has 6 nitrogen and oxygen atoms in total. The van der Waals surface area contributed by atoms with Gasteiger partial charge in [-0.25, -0.2) is 0 Å². The second-order valence-electron chi connectivity index (χ2n) is 7.61. The first-order valence-electron chi connectivity index (χ1n) is 9.61. The fourth-order valence-corrected chi connectivity index (χ4v) is 4.54. The molecule has 1 amide bonds. The Morgan fingerprint density at radius 2 is 1.79 bits per heavy atom. The molecule has 3 aliphatic heterocycles. The van der Waals surface area contributed by atoms with Crippen molar-refractivity contribution in [2.24, 2.45) is 0 Å². The highest BCUT2D eigenvalue weighted by atomic mass is 79.9. The third-order valence-corrected chi connectivity index (χ3v) is 6.17. The monoisotopic (exact) mass is 443 g/mol. The summed E-state index contributed by atoms with van der Waals surface area (Å²) in [5.41, 5.74) is 2.46. The molecule has 3 aliphatic rings. The maximum Gasteiger partial charge on any atom is 0.255 e. The van der Waals surface area contributed by atoms with Crippen molar-refractivity contribution in [1.29, 1.82) is 0 Å². The van der Waals surface area contributed by atoms with Gasteiger partial charge in [0.05, 0.1) is 5.56 Å². The lowest BCUT2D eigenvalue weighted by Crippen LogP contribution is -2.62. The van der Waals surface area contributed by atoms with Crippen molar-refractivity contribution in [3.63, 3.8) is 0 Å². The van der Waals surface area contributed by atoms with Crippen LogP contribution in [-0.2, 0) is 6.54 Å². The van der Waals surface area contributed by atoms with Gasteiger partial charge in [0.15, 0.2) is 11.5 Å². The standard InChI is InChI=1S/C21H22BrN3O3/c22-15-2-3-17-16(12-15)20(26)24-21(23-17)5-7-25(8-6-21)13-14-1-4-18-19(11-14)28-10-9-27-18/h1-4,11-12,23H,5-10,13H2,(H,24,26). The second-order valence-corrected chi connectivity index (χ2v) is 8.52. The first-order valence-corrected chi connectivity index (χ1v) is 10.4.